The van der Waals surface area contributed by atoms with Gasteiger partial charge in [0.1, 0.15) is 5.75 Å². The highest BCUT2D eigenvalue weighted by molar-refractivity contribution is 5.94. The number of β-amino-alcohol motifs (C(OH)–C–C–N with tert-alkyl or cyclic N) is 1. The van der Waals surface area contributed by atoms with Crippen LogP contribution in [0.2, 0.25) is 0 Å². The van der Waals surface area contributed by atoms with Crippen LogP contribution in [0.4, 0.5) is 0 Å². The number of likely N-dealkylation sites (tertiary alicyclic amines) is 1. The maximum absolute atomic E-state index is 13.3. The lowest BCUT2D eigenvalue weighted by Crippen LogP contribution is -2.67. The molecule has 1 aliphatic heterocycles. The van der Waals surface area contributed by atoms with Gasteiger partial charge in [-0.05, 0) is 80.8 Å². The van der Waals surface area contributed by atoms with Crippen molar-refractivity contribution < 1.29 is 19.4 Å². The Morgan fingerprint density at radius 2 is 1.86 bits per heavy atom. The van der Waals surface area contributed by atoms with Crippen LogP contribution in [0.25, 0.3) is 0 Å². The molecule has 2 aromatic rings. The Hall–Kier alpha value is -2.70. The lowest BCUT2D eigenvalue weighted by atomic mass is 9.55. The van der Waals surface area contributed by atoms with Gasteiger partial charge >= 0.3 is 5.97 Å². The van der Waals surface area contributed by atoms with Crippen LogP contribution in [-0.2, 0) is 10.2 Å². The van der Waals surface area contributed by atoms with Gasteiger partial charge in [-0.2, -0.15) is 0 Å². The standard InChI is InChI=1S/C29H36N2O4/c1-21(32)35-26-10-6-9-24(17-26)28-15-16-31(19-22-11-12-22)20-29(28,34)14-13-25(18-28)30(2)27(33)23-7-4-3-5-8-23/h3-10,17,22,25,34H,11-16,18-20H2,1-2H3/t25-,28?,29?/m0/s1. The number of nitrogens with zero attached hydrogens (tertiary/aromatic N) is 2. The molecular formula is C29H36N2O4. The Labute approximate surface area is 207 Å². The number of benzene rings is 2. The van der Waals surface area contributed by atoms with Gasteiger partial charge in [0.15, 0.2) is 0 Å². The van der Waals surface area contributed by atoms with Crippen LogP contribution in [0.1, 0.15) is 61.4 Å². The first-order valence-corrected chi connectivity index (χ1v) is 12.9. The number of piperidine rings is 1. The average Bonchev–Trinajstić information content (AvgIpc) is 3.67. The number of rotatable bonds is 6. The molecule has 1 heterocycles. The summed E-state index contributed by atoms with van der Waals surface area (Å²) in [7, 11) is 1.88. The molecule has 0 aromatic heterocycles. The van der Waals surface area contributed by atoms with Crippen LogP contribution in [0.5, 0.6) is 5.75 Å². The van der Waals surface area contributed by atoms with Gasteiger partial charge in [-0.15, -0.1) is 0 Å². The van der Waals surface area contributed by atoms with Gasteiger partial charge in [-0.3, -0.25) is 9.59 Å². The van der Waals surface area contributed by atoms with E-state index in [0.29, 0.717) is 30.7 Å². The molecule has 0 bridgehead atoms. The van der Waals surface area contributed by atoms with Crippen LogP contribution >= 0.6 is 0 Å². The van der Waals surface area contributed by atoms with E-state index in [2.05, 4.69) is 11.0 Å². The summed E-state index contributed by atoms with van der Waals surface area (Å²) in [6.45, 7) is 4.02. The number of hydrogen-bond donors (Lipinski definition) is 1. The van der Waals surface area contributed by atoms with E-state index < -0.39 is 11.0 Å². The molecule has 3 aliphatic rings. The van der Waals surface area contributed by atoms with E-state index >= 15 is 0 Å². The predicted octanol–water partition coefficient (Wildman–Crippen LogP) is 4.02. The smallest absolute Gasteiger partial charge is 0.308 e. The zero-order valence-electron chi connectivity index (χ0n) is 20.8. The molecular weight excluding hydrogens is 440 g/mol. The molecule has 6 heteroatoms. The lowest BCUT2D eigenvalue weighted by Gasteiger charge is -2.59. The van der Waals surface area contributed by atoms with Crippen molar-refractivity contribution in [2.24, 2.45) is 5.92 Å². The minimum Gasteiger partial charge on any atom is -0.427 e. The summed E-state index contributed by atoms with van der Waals surface area (Å²) in [5, 5.41) is 12.3. The molecule has 0 radical (unpaired) electrons. The van der Waals surface area contributed by atoms with Gasteiger partial charge < -0.3 is 19.6 Å². The Balaban J connectivity index is 1.47. The highest BCUT2D eigenvalue weighted by atomic mass is 16.5. The van der Waals surface area contributed by atoms with Crippen LogP contribution in [0, 0.1) is 5.92 Å². The molecule has 5 rings (SSSR count). The lowest BCUT2D eigenvalue weighted by molar-refractivity contribution is -0.133. The first-order valence-electron chi connectivity index (χ1n) is 12.9. The molecule has 2 aromatic carbocycles. The maximum Gasteiger partial charge on any atom is 0.308 e. The third kappa shape index (κ3) is 4.74. The molecule has 0 spiro atoms. The number of hydrogen-bond acceptors (Lipinski definition) is 5. The van der Waals surface area contributed by atoms with Crippen molar-refractivity contribution in [3.8, 4) is 5.75 Å². The third-order valence-electron chi connectivity index (χ3n) is 8.46. The Kier molecular flexibility index (Phi) is 6.45. The van der Waals surface area contributed by atoms with Crippen molar-refractivity contribution in [1.29, 1.82) is 0 Å². The number of esters is 1. The Morgan fingerprint density at radius 1 is 1.09 bits per heavy atom. The molecule has 3 fully saturated rings. The second-order valence-electron chi connectivity index (χ2n) is 10.8. The molecule has 1 saturated heterocycles. The summed E-state index contributed by atoms with van der Waals surface area (Å²) in [6, 6.07) is 17.1. The molecule has 2 saturated carbocycles. The number of fused-ring (bicyclic) bond motifs is 1. The molecule has 3 atom stereocenters. The van der Waals surface area contributed by atoms with Crippen molar-refractivity contribution in [3.63, 3.8) is 0 Å². The van der Waals surface area contributed by atoms with E-state index in [4.69, 9.17) is 4.74 Å². The van der Waals surface area contributed by atoms with Crippen LogP contribution < -0.4 is 4.74 Å². The zero-order chi connectivity index (χ0) is 24.6. The number of carbonyl (C=O) groups excluding carboxylic acids is 2. The van der Waals surface area contributed by atoms with E-state index in [9.17, 15) is 14.7 Å². The van der Waals surface area contributed by atoms with Crippen molar-refractivity contribution in [3.05, 3.63) is 65.7 Å². The fraction of sp³-hybridized carbons (Fsp3) is 0.517. The zero-order valence-corrected chi connectivity index (χ0v) is 20.8. The maximum atomic E-state index is 13.3. The Morgan fingerprint density at radius 3 is 2.57 bits per heavy atom. The summed E-state index contributed by atoms with van der Waals surface area (Å²) < 4.78 is 5.41. The van der Waals surface area contributed by atoms with Crippen LogP contribution in [0.15, 0.2) is 54.6 Å². The van der Waals surface area contributed by atoms with Crippen molar-refractivity contribution >= 4 is 11.9 Å². The number of ether oxygens (including phenoxy) is 1. The Bertz CT molecular complexity index is 1090. The van der Waals surface area contributed by atoms with E-state index in [1.807, 2.05) is 54.4 Å². The molecule has 2 unspecified atom stereocenters. The normalized spacial score (nSPS) is 28.7. The summed E-state index contributed by atoms with van der Waals surface area (Å²) in [4.78, 5) is 29.2. The number of amides is 1. The molecule has 1 amide bonds. The topological polar surface area (TPSA) is 70.1 Å². The first-order chi connectivity index (χ1) is 16.8. The van der Waals surface area contributed by atoms with Gasteiger partial charge in [-0.25, -0.2) is 0 Å². The van der Waals surface area contributed by atoms with Gasteiger partial charge in [0.05, 0.1) is 5.60 Å². The number of aliphatic hydroxyl groups is 1. The van der Waals surface area contributed by atoms with E-state index in [-0.39, 0.29) is 17.9 Å². The van der Waals surface area contributed by atoms with E-state index in [1.54, 1.807) is 6.07 Å². The fourth-order valence-electron chi connectivity index (χ4n) is 6.36. The third-order valence-corrected chi connectivity index (χ3v) is 8.46. The quantitative estimate of drug-likeness (QED) is 0.504. The monoisotopic (exact) mass is 476 g/mol. The second kappa shape index (κ2) is 9.40. The minimum atomic E-state index is -0.901. The molecule has 1 N–H and O–H groups in total. The van der Waals surface area contributed by atoms with Crippen LogP contribution in [-0.4, -0.2) is 65.1 Å². The summed E-state index contributed by atoms with van der Waals surface area (Å²) in [5.74, 6) is 0.923. The highest BCUT2D eigenvalue weighted by Crippen LogP contribution is 2.53. The van der Waals surface area contributed by atoms with Gasteiger partial charge in [0.2, 0.25) is 0 Å². The highest BCUT2D eigenvalue weighted by Gasteiger charge is 2.58. The van der Waals surface area contributed by atoms with Crippen molar-refractivity contribution in [2.75, 3.05) is 26.7 Å². The average molecular weight is 477 g/mol. The summed E-state index contributed by atoms with van der Waals surface area (Å²) in [6.07, 6.45) is 5.46. The largest absolute Gasteiger partial charge is 0.427 e. The van der Waals surface area contributed by atoms with E-state index in [1.165, 1.54) is 19.8 Å². The summed E-state index contributed by atoms with van der Waals surface area (Å²) in [5.41, 5.74) is 0.260. The van der Waals surface area contributed by atoms with Gasteiger partial charge in [0, 0.05) is 44.1 Å². The molecule has 35 heavy (non-hydrogen) atoms. The predicted molar refractivity (Wildman–Crippen MR) is 134 cm³/mol. The second-order valence-corrected chi connectivity index (χ2v) is 10.8. The van der Waals surface area contributed by atoms with Crippen LogP contribution in [0.3, 0.4) is 0 Å². The van der Waals surface area contributed by atoms with Gasteiger partial charge in [-0.1, -0.05) is 30.3 Å². The van der Waals surface area contributed by atoms with Crippen molar-refractivity contribution in [1.82, 2.24) is 9.80 Å². The van der Waals surface area contributed by atoms with E-state index in [0.717, 1.165) is 37.4 Å². The first kappa shape index (κ1) is 24.0. The SMILES string of the molecule is CC(=O)Oc1cccc(C23CCN(CC4CC4)CC2(O)CC[C@H](N(C)C(=O)c2ccccc2)C3)c1. The molecule has 186 valence electrons. The minimum absolute atomic E-state index is 0.00958. The summed E-state index contributed by atoms with van der Waals surface area (Å²) >= 11 is 0. The van der Waals surface area contributed by atoms with Gasteiger partial charge in [0.25, 0.3) is 5.91 Å². The molecule has 6 nitrogen and oxygen atoms in total. The fourth-order valence-corrected chi connectivity index (χ4v) is 6.36. The number of carbonyl (C=O) groups is 2. The molecule has 2 aliphatic carbocycles. The van der Waals surface area contributed by atoms with Crippen molar-refractivity contribution in [2.45, 2.75) is 62.5 Å².